The molecule has 3 atom stereocenters. The molecule has 2 amide bonds. The van der Waals surface area contributed by atoms with E-state index in [-0.39, 0.29) is 23.5 Å². The number of benzene rings is 3. The molecule has 0 spiro atoms. The first-order chi connectivity index (χ1) is 21.2. The summed E-state index contributed by atoms with van der Waals surface area (Å²) in [5.41, 5.74) is 8.09. The maximum absolute atomic E-state index is 13.6. The molecule has 3 aromatic carbocycles. The molecule has 6 rings (SSSR count). The van der Waals surface area contributed by atoms with Crippen molar-refractivity contribution in [3.05, 3.63) is 123 Å². The Hall–Kier alpha value is -4.75. The smallest absolute Gasteiger partial charge is 0.256 e. The van der Waals surface area contributed by atoms with Crippen LogP contribution in [0, 0.1) is 13.8 Å². The monoisotopic (exact) mass is 587 g/mol. The van der Waals surface area contributed by atoms with Crippen molar-refractivity contribution in [1.29, 1.82) is 0 Å². The number of anilines is 1. The molecule has 4 N–H and O–H groups in total. The third-order valence-corrected chi connectivity index (χ3v) is 9.06. The van der Waals surface area contributed by atoms with Crippen LogP contribution in [0.15, 0.2) is 72.8 Å². The van der Waals surface area contributed by atoms with E-state index >= 15 is 0 Å². The lowest BCUT2D eigenvalue weighted by Gasteiger charge is -2.31. The molecule has 0 radical (unpaired) electrons. The number of fused-ring (bicyclic) bond motifs is 2. The average molecular weight is 588 g/mol. The lowest BCUT2D eigenvalue weighted by Crippen LogP contribution is -2.39. The molecule has 44 heavy (non-hydrogen) atoms. The Kier molecular flexibility index (Phi) is 8.06. The Bertz CT molecular complexity index is 1790. The van der Waals surface area contributed by atoms with Crippen molar-refractivity contribution < 1.29 is 19.5 Å². The number of carbonyl (C=O) groups is 3. The number of Topliss-reactive ketones (excluding diaryl/α,β-unsaturated/α-hetero) is 1. The van der Waals surface area contributed by atoms with Gasteiger partial charge in [-0.1, -0.05) is 61.5 Å². The molecule has 1 aliphatic carbocycles. The Morgan fingerprint density at radius 1 is 1.05 bits per heavy atom. The van der Waals surface area contributed by atoms with E-state index in [1.54, 1.807) is 24.3 Å². The Morgan fingerprint density at radius 2 is 1.80 bits per heavy atom. The zero-order chi connectivity index (χ0) is 31.0. The van der Waals surface area contributed by atoms with Gasteiger partial charge in [0.05, 0.1) is 23.3 Å². The standard InChI is InChI=1S/C37H37N3O4/c1-21(24-9-5-4-6-10-24)13-17-32(41)26-14-16-30-28(19-26)29(36(43)39-30)20-31-22(2)34(23(3)38-31)37(44)40-35-27-12-8-7-11-25(27)15-18-33(35)42/h4-12,14,16,19-21,33,35,38,42H,13,15,17-18H2,1-3H3,(H,39,43)(H,40,44)/b29-20-/t21-,33+,35-/m0/s1. The first-order valence-corrected chi connectivity index (χ1v) is 15.2. The molecule has 2 heterocycles. The highest BCUT2D eigenvalue weighted by atomic mass is 16.3. The molecular weight excluding hydrogens is 550 g/mol. The predicted octanol–water partition coefficient (Wildman–Crippen LogP) is 6.67. The third-order valence-electron chi connectivity index (χ3n) is 9.06. The van der Waals surface area contributed by atoms with Crippen LogP contribution in [-0.2, 0) is 11.2 Å². The van der Waals surface area contributed by atoms with Gasteiger partial charge in [0.2, 0.25) is 0 Å². The number of amides is 2. The summed E-state index contributed by atoms with van der Waals surface area (Å²) >= 11 is 0. The van der Waals surface area contributed by atoms with Crippen LogP contribution in [0.3, 0.4) is 0 Å². The second-order valence-corrected chi connectivity index (χ2v) is 12.0. The minimum atomic E-state index is -0.674. The van der Waals surface area contributed by atoms with Gasteiger partial charge in [0.25, 0.3) is 11.8 Å². The van der Waals surface area contributed by atoms with Gasteiger partial charge in [0.15, 0.2) is 5.78 Å². The molecular formula is C37H37N3O4. The van der Waals surface area contributed by atoms with Crippen LogP contribution in [0.1, 0.15) is 98.1 Å². The number of hydrogen-bond acceptors (Lipinski definition) is 4. The third kappa shape index (κ3) is 5.63. The molecule has 0 saturated carbocycles. The number of aromatic amines is 1. The van der Waals surface area contributed by atoms with E-state index in [1.165, 1.54) is 5.56 Å². The first kappa shape index (κ1) is 29.3. The summed E-state index contributed by atoms with van der Waals surface area (Å²) in [4.78, 5) is 43.1. The van der Waals surface area contributed by atoms with Gasteiger partial charge in [-0.05, 0) is 85.6 Å². The predicted molar refractivity (Wildman–Crippen MR) is 173 cm³/mol. The number of aryl methyl sites for hydroxylation is 2. The van der Waals surface area contributed by atoms with Gasteiger partial charge < -0.3 is 20.7 Å². The molecule has 0 bridgehead atoms. The van der Waals surface area contributed by atoms with Gasteiger partial charge >= 0.3 is 0 Å². The van der Waals surface area contributed by atoms with Crippen molar-refractivity contribution >= 4 is 34.9 Å². The molecule has 224 valence electrons. The minimum Gasteiger partial charge on any atom is -0.391 e. The van der Waals surface area contributed by atoms with Crippen LogP contribution in [0.2, 0.25) is 0 Å². The highest BCUT2D eigenvalue weighted by molar-refractivity contribution is 6.35. The van der Waals surface area contributed by atoms with Crippen molar-refractivity contribution in [2.24, 2.45) is 0 Å². The number of H-pyrrole nitrogens is 1. The van der Waals surface area contributed by atoms with Crippen LogP contribution >= 0.6 is 0 Å². The molecule has 7 nitrogen and oxygen atoms in total. The number of ketones is 1. The van der Waals surface area contributed by atoms with E-state index in [1.807, 2.05) is 56.3 Å². The van der Waals surface area contributed by atoms with E-state index in [2.05, 4.69) is 34.7 Å². The van der Waals surface area contributed by atoms with Crippen LogP contribution in [0.4, 0.5) is 5.69 Å². The zero-order valence-corrected chi connectivity index (χ0v) is 25.2. The van der Waals surface area contributed by atoms with Crippen molar-refractivity contribution in [3.8, 4) is 0 Å². The summed E-state index contributed by atoms with van der Waals surface area (Å²) in [6, 6.07) is 22.9. The highest BCUT2D eigenvalue weighted by Crippen LogP contribution is 2.36. The summed E-state index contributed by atoms with van der Waals surface area (Å²) in [5.74, 6) is -0.251. The van der Waals surface area contributed by atoms with Crippen molar-refractivity contribution in [3.63, 3.8) is 0 Å². The molecule has 4 aromatic rings. The fraction of sp³-hybridized carbons (Fsp3) is 0.270. The fourth-order valence-corrected chi connectivity index (χ4v) is 6.48. The summed E-state index contributed by atoms with van der Waals surface area (Å²) in [6.45, 7) is 5.79. The molecule has 0 fully saturated rings. The number of aliphatic hydroxyl groups excluding tert-OH is 1. The number of carbonyl (C=O) groups excluding carboxylic acids is 3. The maximum atomic E-state index is 13.6. The van der Waals surface area contributed by atoms with Crippen LogP contribution in [0.25, 0.3) is 11.6 Å². The van der Waals surface area contributed by atoms with Gasteiger partial charge in [0.1, 0.15) is 0 Å². The SMILES string of the molecule is Cc1[nH]c(/C=C2\C(=O)Nc3ccc(C(=O)CC[C@H](C)c4ccccc4)cc32)c(C)c1C(=O)N[C@H]1c2ccccc2CC[C@H]1O. The summed E-state index contributed by atoms with van der Waals surface area (Å²) in [5, 5.41) is 16.7. The Balaban J connectivity index is 1.22. The molecule has 1 aromatic heterocycles. The largest absolute Gasteiger partial charge is 0.391 e. The van der Waals surface area contributed by atoms with Gasteiger partial charge in [-0.2, -0.15) is 0 Å². The van der Waals surface area contributed by atoms with Crippen molar-refractivity contribution in [2.45, 2.75) is 64.5 Å². The van der Waals surface area contributed by atoms with E-state index in [0.717, 1.165) is 24.0 Å². The van der Waals surface area contributed by atoms with E-state index in [4.69, 9.17) is 0 Å². The van der Waals surface area contributed by atoms with Gasteiger partial charge in [-0.25, -0.2) is 0 Å². The van der Waals surface area contributed by atoms with E-state index < -0.39 is 12.1 Å². The number of rotatable bonds is 8. The lowest BCUT2D eigenvalue weighted by atomic mass is 9.85. The van der Waals surface area contributed by atoms with Crippen LogP contribution < -0.4 is 10.6 Å². The average Bonchev–Trinajstić information content (AvgIpc) is 3.50. The summed E-state index contributed by atoms with van der Waals surface area (Å²) < 4.78 is 0. The lowest BCUT2D eigenvalue weighted by molar-refractivity contribution is -0.110. The molecule has 2 aliphatic rings. The van der Waals surface area contributed by atoms with Crippen LogP contribution in [0.5, 0.6) is 0 Å². The van der Waals surface area contributed by atoms with Gasteiger partial charge in [-0.3, -0.25) is 14.4 Å². The Labute approximate surface area is 257 Å². The zero-order valence-electron chi connectivity index (χ0n) is 25.2. The van der Waals surface area contributed by atoms with E-state index in [9.17, 15) is 19.5 Å². The summed E-state index contributed by atoms with van der Waals surface area (Å²) in [7, 11) is 0. The van der Waals surface area contributed by atoms with Crippen molar-refractivity contribution in [1.82, 2.24) is 10.3 Å². The maximum Gasteiger partial charge on any atom is 0.256 e. The number of aliphatic hydroxyl groups is 1. The van der Waals surface area contributed by atoms with E-state index in [0.29, 0.717) is 57.7 Å². The summed E-state index contributed by atoms with van der Waals surface area (Å²) in [6.07, 6.45) is 3.56. The normalized spacial score (nSPS) is 18.8. The van der Waals surface area contributed by atoms with Crippen LogP contribution in [-0.4, -0.2) is 33.8 Å². The Morgan fingerprint density at radius 3 is 2.59 bits per heavy atom. The number of nitrogens with one attached hydrogen (secondary N) is 3. The molecule has 0 saturated heterocycles. The second-order valence-electron chi connectivity index (χ2n) is 12.0. The number of hydrogen-bond donors (Lipinski definition) is 4. The van der Waals surface area contributed by atoms with Gasteiger partial charge in [-0.15, -0.1) is 0 Å². The van der Waals surface area contributed by atoms with Gasteiger partial charge in [0, 0.05) is 34.6 Å². The number of aromatic nitrogens is 1. The first-order valence-electron chi connectivity index (χ1n) is 15.2. The quantitative estimate of drug-likeness (QED) is 0.136. The van der Waals surface area contributed by atoms with Crippen molar-refractivity contribution in [2.75, 3.05) is 5.32 Å². The topological polar surface area (TPSA) is 111 Å². The molecule has 7 heteroatoms. The molecule has 1 aliphatic heterocycles. The second kappa shape index (κ2) is 12.1. The highest BCUT2D eigenvalue weighted by Gasteiger charge is 2.31. The minimum absolute atomic E-state index is 0.0339. The fourth-order valence-electron chi connectivity index (χ4n) is 6.48. The molecule has 0 unspecified atom stereocenters.